The molecular weight excluding hydrogens is 380 g/mol. The van der Waals surface area contributed by atoms with Crippen molar-refractivity contribution in [2.45, 2.75) is 64.8 Å². The fourth-order valence-corrected chi connectivity index (χ4v) is 4.95. The summed E-state index contributed by atoms with van der Waals surface area (Å²) >= 11 is 0. The van der Waals surface area contributed by atoms with Crippen molar-refractivity contribution in [3.63, 3.8) is 0 Å². The smallest absolute Gasteiger partial charge is 0.263 e. The van der Waals surface area contributed by atoms with Crippen LogP contribution in [0, 0.1) is 12.8 Å². The lowest BCUT2D eigenvalue weighted by molar-refractivity contribution is -0.125. The zero-order valence-electron chi connectivity index (χ0n) is 18.3. The number of hydrogen-bond donors (Lipinski definition) is 1. The van der Waals surface area contributed by atoms with E-state index in [1.54, 1.807) is 0 Å². The molecule has 0 spiro atoms. The normalized spacial score (nSPS) is 21.3. The van der Waals surface area contributed by atoms with Gasteiger partial charge in [0.25, 0.3) is 5.71 Å². The summed E-state index contributed by atoms with van der Waals surface area (Å²) in [5.41, 5.74) is 1.33. The Hall–Kier alpha value is -2.22. The molecule has 0 aliphatic carbocycles. The van der Waals surface area contributed by atoms with E-state index < -0.39 is 0 Å². The average molecular weight is 415 g/mol. The molecule has 4 rings (SSSR count). The number of anilines is 1. The van der Waals surface area contributed by atoms with Crippen LogP contribution in [0.1, 0.15) is 57.6 Å². The van der Waals surface area contributed by atoms with Crippen LogP contribution in [0.5, 0.6) is 0 Å². The molecule has 0 unspecified atom stereocenters. The van der Waals surface area contributed by atoms with Crippen molar-refractivity contribution in [2.75, 3.05) is 37.6 Å². The van der Waals surface area contributed by atoms with Crippen molar-refractivity contribution in [2.24, 2.45) is 5.92 Å². The lowest BCUT2D eigenvalue weighted by Gasteiger charge is -2.35. The van der Waals surface area contributed by atoms with Crippen LogP contribution >= 0.6 is 0 Å². The Bertz CT molecular complexity index is 845. The Morgan fingerprint density at radius 3 is 2.83 bits per heavy atom. The zero-order valence-corrected chi connectivity index (χ0v) is 18.3. The van der Waals surface area contributed by atoms with Gasteiger partial charge in [-0.2, -0.15) is 4.98 Å². The Kier molecular flexibility index (Phi) is 6.82. The maximum absolute atomic E-state index is 12.6. The number of nitrogens with zero attached hydrogens (tertiary/aromatic N) is 5. The van der Waals surface area contributed by atoms with Gasteiger partial charge >= 0.3 is 0 Å². The Balaban J connectivity index is 1.22. The monoisotopic (exact) mass is 414 g/mol. The first-order chi connectivity index (χ1) is 14.7. The minimum absolute atomic E-state index is 0.0838. The van der Waals surface area contributed by atoms with E-state index in [1.807, 2.05) is 6.92 Å². The zero-order chi connectivity index (χ0) is 20.9. The minimum Gasteiger partial charge on any atom is -0.356 e. The number of likely N-dealkylation sites (tertiary alicyclic amines) is 1. The van der Waals surface area contributed by atoms with E-state index in [-0.39, 0.29) is 11.8 Å². The molecule has 164 valence electrons. The van der Waals surface area contributed by atoms with Crippen LogP contribution in [0.25, 0.3) is 11.1 Å². The molecule has 8 nitrogen and oxygen atoms in total. The van der Waals surface area contributed by atoms with Crippen molar-refractivity contribution < 1.29 is 9.32 Å². The van der Waals surface area contributed by atoms with Crippen molar-refractivity contribution >= 4 is 22.8 Å². The first kappa shape index (κ1) is 21.0. The molecule has 2 aromatic heterocycles. The summed E-state index contributed by atoms with van der Waals surface area (Å²) in [6.45, 7) is 8.89. The summed E-state index contributed by atoms with van der Waals surface area (Å²) in [7, 11) is 0. The second kappa shape index (κ2) is 9.73. The van der Waals surface area contributed by atoms with Gasteiger partial charge in [-0.1, -0.05) is 18.5 Å². The van der Waals surface area contributed by atoms with Crippen LogP contribution in [-0.4, -0.2) is 64.7 Å². The topological polar surface area (TPSA) is 87.4 Å². The number of aromatic nitrogens is 3. The molecule has 1 N–H and O–H groups in total. The molecule has 2 aromatic rings. The molecule has 0 bridgehead atoms. The van der Waals surface area contributed by atoms with E-state index in [0.29, 0.717) is 5.71 Å². The van der Waals surface area contributed by atoms with Crippen molar-refractivity contribution in [1.82, 2.24) is 25.3 Å². The fraction of sp³-hybridized carbons (Fsp3) is 0.727. The molecule has 2 aliphatic rings. The standard InChI is InChI=1S/C22H34N6O2/c1-3-18-7-4-5-11-27(18)12-6-10-23-21(29)17-8-13-28(14-9-17)20-19-16(2)26-30-22(19)25-15-24-20/h15,17-18H,3-14H2,1-2H3,(H,23,29)/t18-/m1/s1. The summed E-state index contributed by atoms with van der Waals surface area (Å²) in [5.74, 6) is 1.15. The molecule has 0 aromatic carbocycles. The van der Waals surface area contributed by atoms with Crippen LogP contribution in [0.3, 0.4) is 0 Å². The van der Waals surface area contributed by atoms with Gasteiger partial charge in [0.05, 0.1) is 5.69 Å². The number of piperidine rings is 2. The first-order valence-corrected chi connectivity index (χ1v) is 11.5. The molecule has 30 heavy (non-hydrogen) atoms. The minimum atomic E-state index is 0.0838. The van der Waals surface area contributed by atoms with E-state index in [1.165, 1.54) is 38.6 Å². The molecule has 1 amide bonds. The van der Waals surface area contributed by atoms with Crippen molar-refractivity contribution in [3.8, 4) is 0 Å². The van der Waals surface area contributed by atoms with Crippen LogP contribution in [-0.2, 0) is 4.79 Å². The second-order valence-corrected chi connectivity index (χ2v) is 8.65. The van der Waals surface area contributed by atoms with Gasteiger partial charge in [-0.3, -0.25) is 4.79 Å². The second-order valence-electron chi connectivity index (χ2n) is 8.65. The molecule has 0 saturated carbocycles. The predicted octanol–water partition coefficient (Wildman–Crippen LogP) is 2.91. The molecule has 8 heteroatoms. The first-order valence-electron chi connectivity index (χ1n) is 11.5. The number of aryl methyl sites for hydroxylation is 1. The predicted molar refractivity (Wildman–Crippen MR) is 116 cm³/mol. The maximum Gasteiger partial charge on any atom is 0.263 e. The van der Waals surface area contributed by atoms with E-state index >= 15 is 0 Å². The largest absolute Gasteiger partial charge is 0.356 e. The summed E-state index contributed by atoms with van der Waals surface area (Å²) in [6.07, 6.45) is 9.47. The number of fused-ring (bicyclic) bond motifs is 1. The summed E-state index contributed by atoms with van der Waals surface area (Å²) in [5, 5.41) is 8.07. The fourth-order valence-electron chi connectivity index (χ4n) is 4.95. The number of amides is 1. The van der Waals surface area contributed by atoms with Crippen molar-refractivity contribution in [3.05, 3.63) is 12.0 Å². The van der Waals surface area contributed by atoms with E-state index in [0.717, 1.165) is 68.4 Å². The average Bonchev–Trinajstić information content (AvgIpc) is 3.18. The molecule has 1 atom stereocenters. The van der Waals surface area contributed by atoms with Gasteiger partial charge in [-0.15, -0.1) is 0 Å². The third-order valence-electron chi connectivity index (χ3n) is 6.73. The molecule has 0 radical (unpaired) electrons. The quantitative estimate of drug-likeness (QED) is 0.697. The molecule has 4 heterocycles. The van der Waals surface area contributed by atoms with Gasteiger partial charge in [-0.05, 0) is 52.0 Å². The molecular formula is C22H34N6O2. The van der Waals surface area contributed by atoms with Crippen LogP contribution in [0.15, 0.2) is 10.9 Å². The Labute approximate surface area is 178 Å². The molecule has 2 fully saturated rings. The lowest BCUT2D eigenvalue weighted by Crippen LogP contribution is -2.42. The highest BCUT2D eigenvalue weighted by molar-refractivity contribution is 5.88. The molecule has 2 aliphatic heterocycles. The number of carbonyl (C=O) groups is 1. The maximum atomic E-state index is 12.6. The van der Waals surface area contributed by atoms with Gasteiger partial charge in [0.1, 0.15) is 17.5 Å². The molecule has 2 saturated heterocycles. The summed E-state index contributed by atoms with van der Waals surface area (Å²) in [6, 6.07) is 0.737. The number of rotatable bonds is 7. The number of nitrogens with one attached hydrogen (secondary N) is 1. The van der Waals surface area contributed by atoms with E-state index in [2.05, 4.69) is 37.2 Å². The van der Waals surface area contributed by atoms with Gasteiger partial charge in [0, 0.05) is 38.1 Å². The van der Waals surface area contributed by atoms with Gasteiger partial charge in [-0.25, -0.2) is 4.98 Å². The summed E-state index contributed by atoms with van der Waals surface area (Å²) < 4.78 is 5.26. The van der Waals surface area contributed by atoms with Crippen LogP contribution in [0.2, 0.25) is 0 Å². The van der Waals surface area contributed by atoms with Gasteiger partial charge < -0.3 is 19.6 Å². The van der Waals surface area contributed by atoms with Gasteiger partial charge in [0.15, 0.2) is 0 Å². The van der Waals surface area contributed by atoms with Crippen LogP contribution < -0.4 is 10.2 Å². The Morgan fingerprint density at radius 1 is 1.20 bits per heavy atom. The van der Waals surface area contributed by atoms with E-state index in [9.17, 15) is 4.79 Å². The third kappa shape index (κ3) is 4.58. The van der Waals surface area contributed by atoms with Crippen molar-refractivity contribution in [1.29, 1.82) is 0 Å². The number of carbonyl (C=O) groups excluding carboxylic acids is 1. The number of hydrogen-bond acceptors (Lipinski definition) is 7. The lowest BCUT2D eigenvalue weighted by atomic mass is 9.95. The van der Waals surface area contributed by atoms with E-state index in [4.69, 9.17) is 4.52 Å². The SMILES string of the molecule is CC[C@@H]1CCCCN1CCCNC(=O)C1CCN(c2ncnc3onc(C)c23)CC1. The van der Waals surface area contributed by atoms with Crippen LogP contribution in [0.4, 0.5) is 5.82 Å². The highest BCUT2D eigenvalue weighted by atomic mass is 16.5. The van der Waals surface area contributed by atoms with Gasteiger partial charge in [0.2, 0.25) is 5.91 Å². The highest BCUT2D eigenvalue weighted by Gasteiger charge is 2.27. The summed E-state index contributed by atoms with van der Waals surface area (Å²) in [4.78, 5) is 26.1. The Morgan fingerprint density at radius 2 is 2.03 bits per heavy atom. The third-order valence-corrected chi connectivity index (χ3v) is 6.73. The highest BCUT2D eigenvalue weighted by Crippen LogP contribution is 2.29.